The van der Waals surface area contributed by atoms with Gasteiger partial charge in [0.05, 0.1) is 0 Å². The molecule has 0 spiro atoms. The van der Waals surface area contributed by atoms with Crippen molar-refractivity contribution in [1.29, 1.82) is 0 Å². The van der Waals surface area contributed by atoms with Crippen molar-refractivity contribution in [1.82, 2.24) is 9.21 Å². The number of hydrogen-bond donors (Lipinski definition) is 4. The van der Waals surface area contributed by atoms with Crippen LogP contribution in [0.1, 0.15) is 49.7 Å². The highest BCUT2D eigenvalue weighted by molar-refractivity contribution is 7.89. The molecule has 2 aliphatic rings. The van der Waals surface area contributed by atoms with Gasteiger partial charge in [-0.2, -0.15) is 4.31 Å². The molecular formula is C25H31N3O7S. The Labute approximate surface area is 210 Å². The normalized spacial score (nSPS) is 16.6. The van der Waals surface area contributed by atoms with Crippen molar-refractivity contribution in [3.05, 3.63) is 47.5 Å². The molecule has 0 radical (unpaired) electrons. The molecule has 0 unspecified atom stereocenters. The molecule has 11 heteroatoms. The van der Waals surface area contributed by atoms with Gasteiger partial charge in [-0.1, -0.05) is 6.07 Å². The van der Waals surface area contributed by atoms with E-state index in [2.05, 4.69) is 5.32 Å². The third-order valence-electron chi connectivity index (χ3n) is 6.71. The minimum Gasteiger partial charge on any atom is -0.508 e. The zero-order valence-electron chi connectivity index (χ0n) is 19.9. The van der Waals surface area contributed by atoms with Crippen LogP contribution in [-0.4, -0.2) is 64.0 Å². The molecule has 1 saturated heterocycles. The molecule has 2 aliphatic heterocycles. The molecule has 2 heterocycles. The molecule has 2 aromatic rings. The summed E-state index contributed by atoms with van der Waals surface area (Å²) < 4.78 is 27.4. The summed E-state index contributed by atoms with van der Waals surface area (Å²) in [6, 6.07) is 9.40. The van der Waals surface area contributed by atoms with Gasteiger partial charge in [0.15, 0.2) is 0 Å². The van der Waals surface area contributed by atoms with E-state index in [9.17, 15) is 28.2 Å². The van der Waals surface area contributed by atoms with Crippen LogP contribution in [0.15, 0.2) is 41.3 Å². The maximum Gasteiger partial charge on any atom is 0.303 e. The lowest BCUT2D eigenvalue weighted by molar-refractivity contribution is -0.137. The first-order valence-electron chi connectivity index (χ1n) is 12.0. The molecule has 1 fully saturated rings. The van der Waals surface area contributed by atoms with Crippen molar-refractivity contribution in [2.24, 2.45) is 0 Å². The summed E-state index contributed by atoms with van der Waals surface area (Å²) in [5, 5.41) is 31.7. The van der Waals surface area contributed by atoms with Gasteiger partial charge in [-0.3, -0.25) is 9.59 Å². The lowest BCUT2D eigenvalue weighted by Crippen LogP contribution is -2.42. The molecule has 0 saturated carbocycles. The first kappa shape index (κ1) is 25.8. The number of benzene rings is 2. The number of aliphatic carboxylic acids is 1. The monoisotopic (exact) mass is 517 g/mol. The number of anilines is 1. The number of unbranched alkanes of at least 4 members (excludes halogenated alkanes) is 1. The van der Waals surface area contributed by atoms with Crippen LogP contribution in [-0.2, 0) is 32.7 Å². The number of amides is 1. The van der Waals surface area contributed by atoms with Gasteiger partial charge in [0.2, 0.25) is 15.9 Å². The Morgan fingerprint density at radius 2 is 1.64 bits per heavy atom. The molecule has 10 nitrogen and oxygen atoms in total. The minimum absolute atomic E-state index is 0.0670. The highest BCUT2D eigenvalue weighted by Gasteiger charge is 2.33. The summed E-state index contributed by atoms with van der Waals surface area (Å²) in [6.07, 6.45) is 3.13. The van der Waals surface area contributed by atoms with E-state index in [1.807, 2.05) is 23.1 Å². The number of aromatic hydroxyl groups is 2. The third kappa shape index (κ3) is 5.90. The molecule has 194 valence electrons. The molecule has 0 atom stereocenters. The van der Waals surface area contributed by atoms with Gasteiger partial charge in [-0.15, -0.1) is 0 Å². The number of carboxylic acids is 1. The Kier molecular flexibility index (Phi) is 7.70. The predicted molar refractivity (Wildman–Crippen MR) is 132 cm³/mol. The largest absolute Gasteiger partial charge is 0.508 e. The van der Waals surface area contributed by atoms with Crippen LogP contribution in [0, 0.1) is 0 Å². The SMILES string of the molecule is O=C(O)CCCCC(=O)N1CCC(Nc2ccc3c(c2)CN(S(=O)(=O)c2ccc(O)cc2O)C3)CC1. The minimum atomic E-state index is -3.94. The smallest absolute Gasteiger partial charge is 0.303 e. The van der Waals surface area contributed by atoms with Crippen molar-refractivity contribution in [3.63, 3.8) is 0 Å². The first-order valence-corrected chi connectivity index (χ1v) is 13.5. The van der Waals surface area contributed by atoms with Crippen LogP contribution >= 0.6 is 0 Å². The standard InChI is InChI=1S/C25H31N3O7S/c29-21-7-8-23(22(30)14-21)36(34,35)28-15-17-5-6-20(13-18(17)16-28)26-19-9-11-27(12-10-19)24(31)3-1-2-4-25(32)33/h5-8,13-14,19,26,29-30H,1-4,9-12,15-16H2,(H,32,33). The number of carbonyl (C=O) groups excluding carboxylic acids is 1. The fourth-order valence-corrected chi connectivity index (χ4v) is 6.16. The molecule has 0 bridgehead atoms. The van der Waals surface area contributed by atoms with Crippen LogP contribution in [0.3, 0.4) is 0 Å². The third-order valence-corrected chi connectivity index (χ3v) is 8.55. The quantitative estimate of drug-likeness (QED) is 0.371. The van der Waals surface area contributed by atoms with E-state index >= 15 is 0 Å². The Morgan fingerprint density at radius 3 is 2.33 bits per heavy atom. The Hall–Kier alpha value is -3.31. The predicted octanol–water partition coefficient (Wildman–Crippen LogP) is 2.85. The average molecular weight is 518 g/mol. The molecule has 1 amide bonds. The molecule has 0 aliphatic carbocycles. The fourth-order valence-electron chi connectivity index (χ4n) is 4.71. The summed E-state index contributed by atoms with van der Waals surface area (Å²) >= 11 is 0. The van der Waals surface area contributed by atoms with Gasteiger partial charge >= 0.3 is 5.97 Å². The Morgan fingerprint density at radius 1 is 0.944 bits per heavy atom. The molecule has 0 aromatic heterocycles. The maximum atomic E-state index is 13.0. The van der Waals surface area contributed by atoms with Gasteiger partial charge in [-0.05, 0) is 61.1 Å². The lowest BCUT2D eigenvalue weighted by atomic mass is 10.0. The van der Waals surface area contributed by atoms with Gasteiger partial charge in [0, 0.05) is 56.8 Å². The number of phenolic OH excluding ortho intramolecular Hbond substituents is 2. The molecule has 4 rings (SSSR count). The van der Waals surface area contributed by atoms with Crippen LogP contribution in [0.2, 0.25) is 0 Å². The number of hydrogen-bond acceptors (Lipinski definition) is 7. The van der Waals surface area contributed by atoms with E-state index in [0.717, 1.165) is 35.7 Å². The van der Waals surface area contributed by atoms with Gasteiger partial charge < -0.3 is 25.5 Å². The summed E-state index contributed by atoms with van der Waals surface area (Å²) in [5.41, 5.74) is 2.67. The second kappa shape index (κ2) is 10.8. The number of nitrogens with one attached hydrogen (secondary N) is 1. The highest BCUT2D eigenvalue weighted by Crippen LogP contribution is 2.35. The van der Waals surface area contributed by atoms with Gasteiger partial charge in [0.1, 0.15) is 16.4 Å². The maximum absolute atomic E-state index is 13.0. The molecule has 2 aromatic carbocycles. The number of phenols is 2. The number of carboxylic acid groups (broad SMARTS) is 1. The lowest BCUT2D eigenvalue weighted by Gasteiger charge is -2.33. The summed E-state index contributed by atoms with van der Waals surface area (Å²) in [5.74, 6) is -1.47. The summed E-state index contributed by atoms with van der Waals surface area (Å²) in [4.78, 5) is 24.5. The van der Waals surface area contributed by atoms with Crippen molar-refractivity contribution in [2.75, 3.05) is 18.4 Å². The second-order valence-corrected chi connectivity index (χ2v) is 11.2. The first-order chi connectivity index (χ1) is 17.1. The topological polar surface area (TPSA) is 147 Å². The fraction of sp³-hybridized carbons (Fsp3) is 0.440. The number of likely N-dealkylation sites (tertiary alicyclic amines) is 1. The number of piperidine rings is 1. The van der Waals surface area contributed by atoms with Crippen LogP contribution in [0.5, 0.6) is 11.5 Å². The number of carbonyl (C=O) groups is 2. The van der Waals surface area contributed by atoms with Gasteiger partial charge in [-0.25, -0.2) is 8.42 Å². The second-order valence-electron chi connectivity index (χ2n) is 9.31. The van der Waals surface area contributed by atoms with E-state index in [-0.39, 0.29) is 42.1 Å². The Balaban J connectivity index is 1.30. The van der Waals surface area contributed by atoms with E-state index in [1.54, 1.807) is 0 Å². The van der Waals surface area contributed by atoms with Crippen LogP contribution in [0.4, 0.5) is 5.69 Å². The van der Waals surface area contributed by atoms with E-state index in [0.29, 0.717) is 32.4 Å². The van der Waals surface area contributed by atoms with Crippen molar-refractivity contribution >= 4 is 27.6 Å². The highest BCUT2D eigenvalue weighted by atomic mass is 32.2. The number of sulfonamides is 1. The molecule has 36 heavy (non-hydrogen) atoms. The number of nitrogens with zero attached hydrogens (tertiary/aromatic N) is 2. The van der Waals surface area contributed by atoms with E-state index in [1.165, 1.54) is 16.4 Å². The molecular weight excluding hydrogens is 486 g/mol. The van der Waals surface area contributed by atoms with Crippen molar-refractivity contribution < 1.29 is 33.3 Å². The Bertz CT molecular complexity index is 1240. The zero-order valence-corrected chi connectivity index (χ0v) is 20.7. The average Bonchev–Trinajstić information content (AvgIpc) is 3.26. The van der Waals surface area contributed by atoms with Crippen LogP contribution in [0.25, 0.3) is 0 Å². The van der Waals surface area contributed by atoms with Crippen molar-refractivity contribution in [2.45, 2.75) is 62.6 Å². The van der Waals surface area contributed by atoms with Crippen LogP contribution < -0.4 is 5.32 Å². The number of rotatable bonds is 9. The van der Waals surface area contributed by atoms with E-state index in [4.69, 9.17) is 5.11 Å². The summed E-state index contributed by atoms with van der Waals surface area (Å²) in [7, 11) is -3.94. The van der Waals surface area contributed by atoms with Crippen molar-refractivity contribution in [3.8, 4) is 11.5 Å². The van der Waals surface area contributed by atoms with Gasteiger partial charge in [0.25, 0.3) is 0 Å². The molecule has 4 N–H and O–H groups in total. The number of fused-ring (bicyclic) bond motifs is 1. The summed E-state index contributed by atoms with van der Waals surface area (Å²) in [6.45, 7) is 1.67. The van der Waals surface area contributed by atoms with E-state index < -0.39 is 21.7 Å². The zero-order chi connectivity index (χ0) is 25.9.